The van der Waals surface area contributed by atoms with Crippen molar-refractivity contribution in [3.05, 3.63) is 71.9 Å². The number of hydrogen-bond donors (Lipinski definition) is 18. The van der Waals surface area contributed by atoms with E-state index < -0.39 is 189 Å². The summed E-state index contributed by atoms with van der Waals surface area (Å²) in [6.45, 7) is 0.241. The van der Waals surface area contributed by atoms with Crippen LogP contribution in [0.2, 0.25) is 0 Å². The molecular weight excluding hydrogens is 1230 g/mol. The zero-order valence-electron chi connectivity index (χ0n) is 52.3. The molecule has 3 aromatic rings. The molecule has 514 valence electrons. The summed E-state index contributed by atoms with van der Waals surface area (Å²) < 4.78 is 0. The molecule has 2 saturated heterocycles. The smallest absolute Gasteiger partial charge is 0.324 e. The highest BCUT2D eigenvalue weighted by Crippen LogP contribution is 2.23. The minimum Gasteiger partial charge on any atom is -0.394 e. The fraction of sp³-hybridized carbons (Fsp3) is 0.533. The molecule has 0 spiro atoms. The maximum Gasteiger partial charge on any atom is 0.324 e. The minimum absolute atomic E-state index is 0.00259. The summed E-state index contributed by atoms with van der Waals surface area (Å²) in [5.74, 6) is -13.1. The molecule has 34 heteroatoms. The number of H-pyrrole nitrogens is 1. The second-order valence-corrected chi connectivity index (χ2v) is 22.8. The third-order valence-electron chi connectivity index (χ3n) is 15.4. The number of hydroxylamine groups is 1. The van der Waals surface area contributed by atoms with Crippen molar-refractivity contribution >= 4 is 93.7 Å². The lowest BCUT2D eigenvalue weighted by molar-refractivity contribution is -0.152. The largest absolute Gasteiger partial charge is 0.394 e. The number of unbranched alkanes of at least 4 members (excludes halogenated alkanes) is 1. The summed E-state index contributed by atoms with van der Waals surface area (Å²) in [5, 5.41) is 54.2. The quantitative estimate of drug-likeness (QED) is 0.0213. The molecule has 5 rings (SSSR count). The lowest BCUT2D eigenvalue weighted by Crippen LogP contribution is -2.61. The monoisotopic (exact) mass is 1320 g/mol. The number of primary amides is 2. The van der Waals surface area contributed by atoms with Gasteiger partial charge in [0.05, 0.1) is 25.7 Å². The van der Waals surface area contributed by atoms with Crippen LogP contribution in [0.25, 0.3) is 10.9 Å². The Kier molecular flexibility index (Phi) is 30.0. The van der Waals surface area contributed by atoms with E-state index in [0.717, 1.165) is 22.7 Å². The first-order chi connectivity index (χ1) is 44.8. The summed E-state index contributed by atoms with van der Waals surface area (Å²) in [5.41, 5.74) is 26.7. The van der Waals surface area contributed by atoms with E-state index in [1.54, 1.807) is 61.7 Å². The second-order valence-electron chi connectivity index (χ2n) is 22.8. The molecule has 0 bridgehead atoms. The van der Waals surface area contributed by atoms with Gasteiger partial charge in [0.1, 0.15) is 60.4 Å². The molecule has 11 atom stereocenters. The molecule has 0 aliphatic carbocycles. The average molecular weight is 1320 g/mol. The number of aliphatic imine (C=N–C) groups is 1. The third-order valence-corrected chi connectivity index (χ3v) is 15.4. The third kappa shape index (κ3) is 23.7. The van der Waals surface area contributed by atoms with Gasteiger partial charge in [-0.1, -0.05) is 68.3 Å². The number of para-hydroxylation sites is 1. The van der Waals surface area contributed by atoms with Crippen LogP contribution in [0, 0.1) is 0 Å². The molecule has 22 N–H and O–H groups in total. The summed E-state index contributed by atoms with van der Waals surface area (Å²) >= 11 is 0. The molecule has 2 aliphatic rings. The first kappa shape index (κ1) is 74.9. The van der Waals surface area contributed by atoms with Crippen LogP contribution in [0.5, 0.6) is 0 Å². The molecule has 3 heterocycles. The number of aromatic amines is 1. The Bertz CT molecular complexity index is 3180. The molecular formula is C60H87N17O17. The number of amides is 12. The molecule has 2 aliphatic heterocycles. The predicted octanol–water partition coefficient (Wildman–Crippen LogP) is -6.10. The summed E-state index contributed by atoms with van der Waals surface area (Å²) in [6, 6.07) is -0.149. The Balaban J connectivity index is 1.49. The lowest BCUT2D eigenvalue weighted by atomic mass is 10.0. The molecule has 0 saturated carbocycles. The number of aromatic nitrogens is 1. The summed E-state index contributed by atoms with van der Waals surface area (Å²) in [7, 11) is 0. The van der Waals surface area contributed by atoms with Crippen molar-refractivity contribution in [1.82, 2.24) is 63.2 Å². The number of aliphatic hydroxyl groups is 3. The maximum absolute atomic E-state index is 15.0. The zero-order chi connectivity index (χ0) is 69.0. The number of aliphatic hydroxyl groups excluding tert-OH is 3. The van der Waals surface area contributed by atoms with Gasteiger partial charge in [-0.25, -0.2) is 0 Å². The van der Waals surface area contributed by atoms with Gasteiger partial charge in [-0.15, -0.1) is 0 Å². The van der Waals surface area contributed by atoms with Crippen molar-refractivity contribution in [1.29, 1.82) is 0 Å². The van der Waals surface area contributed by atoms with E-state index in [0.29, 0.717) is 17.5 Å². The van der Waals surface area contributed by atoms with Crippen LogP contribution in [-0.4, -0.2) is 207 Å². The molecule has 0 radical (unpaired) electrons. The van der Waals surface area contributed by atoms with E-state index >= 15 is 4.79 Å². The van der Waals surface area contributed by atoms with Gasteiger partial charge < -0.3 is 101 Å². The zero-order valence-corrected chi connectivity index (χ0v) is 52.3. The first-order valence-corrected chi connectivity index (χ1v) is 30.9. The van der Waals surface area contributed by atoms with E-state index in [4.69, 9.17) is 27.8 Å². The number of nitrogens with zero attached hydrogens (tertiary/aromatic N) is 2. The number of carbonyl (C=O) groups is 13. The Morgan fingerprint density at radius 2 is 1.31 bits per heavy atom. The van der Waals surface area contributed by atoms with Gasteiger partial charge in [0.25, 0.3) is 0 Å². The number of carbonyl (C=O) groups excluding carboxylic acids is 13. The van der Waals surface area contributed by atoms with Crippen molar-refractivity contribution in [3.8, 4) is 0 Å². The Morgan fingerprint density at radius 1 is 0.702 bits per heavy atom. The highest BCUT2D eigenvalue weighted by molar-refractivity contribution is 6.00. The minimum atomic E-state index is -1.88. The van der Waals surface area contributed by atoms with Crippen molar-refractivity contribution < 1.29 is 82.5 Å². The number of nitrogens with two attached hydrogens (primary N) is 4. The maximum atomic E-state index is 15.0. The Hall–Kier alpha value is -9.80. The second kappa shape index (κ2) is 37.6. The Morgan fingerprint density at radius 3 is 1.97 bits per heavy atom. The Labute approximate surface area is 540 Å². The number of fused-ring (bicyclic) bond motifs is 2. The number of benzene rings is 2. The fourth-order valence-electron chi connectivity index (χ4n) is 10.5. The van der Waals surface area contributed by atoms with Crippen molar-refractivity contribution in [2.75, 3.05) is 32.8 Å². The van der Waals surface area contributed by atoms with Crippen molar-refractivity contribution in [2.24, 2.45) is 27.9 Å². The topological polar surface area (TPSA) is 548 Å². The number of guanidine groups is 1. The molecule has 1 unspecified atom stereocenters. The van der Waals surface area contributed by atoms with Gasteiger partial charge in [0.15, 0.2) is 5.96 Å². The van der Waals surface area contributed by atoms with Gasteiger partial charge in [0.2, 0.25) is 70.9 Å². The van der Waals surface area contributed by atoms with Crippen LogP contribution in [0.4, 0.5) is 0 Å². The van der Waals surface area contributed by atoms with Crippen LogP contribution in [0.1, 0.15) is 102 Å². The van der Waals surface area contributed by atoms with E-state index in [-0.39, 0.29) is 76.8 Å². The first-order valence-electron chi connectivity index (χ1n) is 30.9. The normalized spacial score (nSPS) is 21.8. The van der Waals surface area contributed by atoms with Crippen LogP contribution in [0.15, 0.2) is 65.8 Å². The fourth-order valence-corrected chi connectivity index (χ4v) is 10.5. The van der Waals surface area contributed by atoms with E-state index in [2.05, 4.69) is 63.3 Å². The van der Waals surface area contributed by atoms with Gasteiger partial charge in [-0.2, -0.15) is 5.48 Å². The molecule has 94 heavy (non-hydrogen) atoms. The van der Waals surface area contributed by atoms with E-state index in [1.165, 1.54) is 0 Å². The van der Waals surface area contributed by atoms with Gasteiger partial charge in [-0.05, 0) is 62.1 Å². The van der Waals surface area contributed by atoms with Crippen LogP contribution >= 0.6 is 0 Å². The van der Waals surface area contributed by atoms with Crippen LogP contribution in [-0.2, 0) is 80.0 Å². The molecule has 12 amide bonds. The van der Waals surface area contributed by atoms with E-state index in [9.17, 15) is 72.9 Å². The molecule has 1 aromatic heterocycles. The SMILES string of the molecule is CCCC[C@H](NC(=O)[C@H](CO)NC(=O)[C@H](CC(N)=O)NC(=O)[C@H](CO)NC(C)=O)C(=O)N[C@H]1CCC(=O)ONCCCC[C@@H](C(N)=O)NC(=O)[C@H](Cc2c[nH]c3ccccc23)NC(=O)[C@H](CCCN=C(N)N)NC(=O)[C@@H](Cc2ccccc2)NC(=O)[C@@H]2CC(O)CN2C1=O. The van der Waals surface area contributed by atoms with Gasteiger partial charge in [0, 0.05) is 69.3 Å². The highest BCUT2D eigenvalue weighted by Gasteiger charge is 2.44. The molecule has 2 fully saturated rings. The highest BCUT2D eigenvalue weighted by atomic mass is 16.7. The molecule has 34 nitrogen and oxygen atoms in total. The number of nitrogens with one attached hydrogen (secondary N) is 11. The van der Waals surface area contributed by atoms with Crippen LogP contribution in [0.3, 0.4) is 0 Å². The van der Waals surface area contributed by atoms with Gasteiger partial charge >= 0.3 is 5.97 Å². The van der Waals surface area contributed by atoms with Gasteiger partial charge in [-0.3, -0.25) is 67.3 Å². The number of hydrogen-bond acceptors (Lipinski definition) is 19. The van der Waals surface area contributed by atoms with Crippen molar-refractivity contribution in [3.63, 3.8) is 0 Å². The number of rotatable bonds is 25. The summed E-state index contributed by atoms with van der Waals surface area (Å²) in [4.78, 5) is 192. The van der Waals surface area contributed by atoms with Crippen molar-refractivity contribution in [2.45, 2.75) is 170 Å². The predicted molar refractivity (Wildman–Crippen MR) is 335 cm³/mol. The lowest BCUT2D eigenvalue weighted by Gasteiger charge is -2.31. The molecule has 2 aromatic carbocycles. The van der Waals surface area contributed by atoms with E-state index in [1.807, 2.05) is 6.07 Å². The standard InChI is InChI=1S/C60H87N17O17/c1-3-4-16-39(71-57(91)46(31-79)76-55(89)44(27-48(61)82)74-56(90)45(30-78)68-32(2)80)51(85)72-41-20-21-49(83)94-67-23-11-10-18-38(50(62)84)69-54(88)43(25-34-28-66-37-17-9-8-15-36(34)37)73-52(86)40(19-12-22-65-60(63)64)70-53(87)42(24-33-13-6-5-7-14-33)75-58(92)47-26-35(81)29-77(47)59(41)93/h5-9,13-15,17,28,35,38-47,66-67,78-79,81H,3-4,10-12,16,18-27,29-31H2,1-2H3,(H2,61,82)(H2,62,84)(H,68,80)(H,69,88)(H,70,87)(H,71,91)(H,72,85)(H,73,86)(H,74,90)(H,75,92)(H,76,89)(H4,63,64,65)/t35?,38-,39-,40-,41-,42+,43-,44-,45-,46-,47-/m0/s1. The summed E-state index contributed by atoms with van der Waals surface area (Å²) in [6.07, 6.45) is -1.45. The van der Waals surface area contributed by atoms with Crippen LogP contribution < -0.4 is 76.3 Å². The average Bonchev–Trinajstić information content (AvgIpc) is 1.65.